The number of carboxylic acid groups (broad SMARTS) is 1. The van der Waals surface area contributed by atoms with E-state index in [0.29, 0.717) is 18.0 Å². The zero-order valence-corrected chi connectivity index (χ0v) is 14.0. The first kappa shape index (κ1) is 15.8. The minimum Gasteiger partial charge on any atom is -0.480 e. The monoisotopic (exact) mass is 340 g/mol. The number of benzene rings is 1. The summed E-state index contributed by atoms with van der Waals surface area (Å²) >= 11 is 0. The van der Waals surface area contributed by atoms with Crippen molar-refractivity contribution in [3.8, 4) is 5.69 Å². The van der Waals surface area contributed by atoms with Crippen molar-refractivity contribution in [1.29, 1.82) is 0 Å². The molecule has 1 aromatic carbocycles. The maximum Gasteiger partial charge on any atom is 0.326 e. The molecule has 2 aliphatic rings. The van der Waals surface area contributed by atoms with Crippen molar-refractivity contribution < 1.29 is 14.7 Å². The summed E-state index contributed by atoms with van der Waals surface area (Å²) in [5, 5.41) is 13.7. The lowest BCUT2D eigenvalue weighted by molar-refractivity contribution is -0.142. The van der Waals surface area contributed by atoms with Gasteiger partial charge in [-0.05, 0) is 55.4 Å². The molecule has 4 rings (SSSR count). The summed E-state index contributed by atoms with van der Waals surface area (Å²) in [6.07, 6.45) is 6.04. The molecule has 0 bridgehead atoms. The third-order valence-electron chi connectivity index (χ3n) is 5.51. The van der Waals surface area contributed by atoms with Crippen molar-refractivity contribution in [1.82, 2.24) is 19.7 Å². The Morgan fingerprint density at radius 3 is 2.80 bits per heavy atom. The Labute approximate surface area is 145 Å². The fourth-order valence-corrected chi connectivity index (χ4v) is 4.37. The van der Waals surface area contributed by atoms with Crippen LogP contribution in [0, 0.1) is 18.8 Å². The van der Waals surface area contributed by atoms with Gasteiger partial charge in [-0.3, -0.25) is 4.79 Å². The number of hydrogen-bond donors (Lipinski definition) is 1. The highest BCUT2D eigenvalue weighted by atomic mass is 16.4. The Balaban J connectivity index is 1.62. The average molecular weight is 340 g/mol. The molecule has 130 valence electrons. The molecule has 2 aromatic rings. The zero-order chi connectivity index (χ0) is 17.6. The first-order chi connectivity index (χ1) is 12.1. The molecule has 0 spiro atoms. The van der Waals surface area contributed by atoms with Gasteiger partial charge in [-0.2, -0.15) is 5.10 Å². The first-order valence-electron chi connectivity index (χ1n) is 8.55. The van der Waals surface area contributed by atoms with Gasteiger partial charge in [0.05, 0.1) is 5.69 Å². The van der Waals surface area contributed by atoms with E-state index < -0.39 is 12.0 Å². The zero-order valence-electron chi connectivity index (χ0n) is 14.0. The molecule has 2 heterocycles. The lowest BCUT2D eigenvalue weighted by Crippen LogP contribution is -2.43. The Kier molecular flexibility index (Phi) is 3.78. The quantitative estimate of drug-likeness (QED) is 0.922. The van der Waals surface area contributed by atoms with Crippen LogP contribution in [0.25, 0.3) is 5.69 Å². The summed E-state index contributed by atoms with van der Waals surface area (Å²) in [4.78, 5) is 30.2. The normalized spacial score (nSPS) is 25.2. The molecule has 25 heavy (non-hydrogen) atoms. The van der Waals surface area contributed by atoms with Gasteiger partial charge in [0.1, 0.15) is 18.7 Å². The minimum absolute atomic E-state index is 0.0944. The molecular formula is C18H20N4O3. The first-order valence-corrected chi connectivity index (χ1v) is 8.55. The summed E-state index contributed by atoms with van der Waals surface area (Å²) in [7, 11) is 0. The Morgan fingerprint density at radius 2 is 2.12 bits per heavy atom. The number of hydrogen-bond acceptors (Lipinski definition) is 4. The number of aromatic nitrogens is 3. The number of carbonyl (C=O) groups excluding carboxylic acids is 1. The third kappa shape index (κ3) is 2.59. The van der Waals surface area contributed by atoms with Crippen LogP contribution < -0.4 is 0 Å². The number of aliphatic carboxylic acids is 1. The van der Waals surface area contributed by atoms with Gasteiger partial charge >= 0.3 is 5.97 Å². The molecule has 1 N–H and O–H groups in total. The lowest BCUT2D eigenvalue weighted by Gasteiger charge is -2.24. The van der Waals surface area contributed by atoms with Crippen LogP contribution in [-0.2, 0) is 4.79 Å². The van der Waals surface area contributed by atoms with E-state index in [0.717, 1.165) is 30.5 Å². The number of amides is 1. The highest BCUT2D eigenvalue weighted by Crippen LogP contribution is 2.42. The van der Waals surface area contributed by atoms with Crippen LogP contribution in [0.2, 0.25) is 0 Å². The number of carboxylic acids is 1. The molecule has 1 saturated carbocycles. The Hall–Kier alpha value is -2.70. The maximum absolute atomic E-state index is 13.0. The Bertz CT molecular complexity index is 818. The molecule has 7 heteroatoms. The predicted octanol–water partition coefficient (Wildman–Crippen LogP) is 1.90. The van der Waals surface area contributed by atoms with Crippen LogP contribution >= 0.6 is 0 Å². The molecule has 0 radical (unpaired) electrons. The second-order valence-electron chi connectivity index (χ2n) is 6.94. The van der Waals surface area contributed by atoms with Crippen LogP contribution in [0.15, 0.2) is 30.9 Å². The second-order valence-corrected chi connectivity index (χ2v) is 6.94. The molecule has 0 unspecified atom stereocenters. The van der Waals surface area contributed by atoms with Gasteiger partial charge in [-0.25, -0.2) is 14.5 Å². The summed E-state index contributed by atoms with van der Waals surface area (Å²) in [6.45, 7) is 2.45. The predicted molar refractivity (Wildman–Crippen MR) is 89.4 cm³/mol. The van der Waals surface area contributed by atoms with Gasteiger partial charge in [0, 0.05) is 12.1 Å². The molecule has 1 aliphatic carbocycles. The Morgan fingerprint density at radius 1 is 1.28 bits per heavy atom. The fraction of sp³-hybridized carbons (Fsp3) is 0.444. The van der Waals surface area contributed by atoms with E-state index in [4.69, 9.17) is 0 Å². The number of nitrogens with zero attached hydrogens (tertiary/aromatic N) is 4. The van der Waals surface area contributed by atoms with E-state index in [1.165, 1.54) is 6.33 Å². The maximum atomic E-state index is 13.0. The highest BCUT2D eigenvalue weighted by molar-refractivity contribution is 5.97. The van der Waals surface area contributed by atoms with Crippen molar-refractivity contribution in [2.45, 2.75) is 32.2 Å². The SMILES string of the molecule is Cc1cc(C(=O)N2C[C@@H]3CCC[C@H]3[C@H]2C(=O)O)ccc1-n1cncn1. The minimum atomic E-state index is -0.890. The van der Waals surface area contributed by atoms with Gasteiger partial charge < -0.3 is 10.0 Å². The summed E-state index contributed by atoms with van der Waals surface area (Å²) < 4.78 is 1.64. The largest absolute Gasteiger partial charge is 0.480 e. The smallest absolute Gasteiger partial charge is 0.326 e. The molecule has 1 aliphatic heterocycles. The van der Waals surface area contributed by atoms with E-state index in [1.807, 2.05) is 13.0 Å². The number of aryl methyl sites for hydroxylation is 1. The van der Waals surface area contributed by atoms with E-state index in [1.54, 1.807) is 28.0 Å². The average Bonchev–Trinajstić information content (AvgIpc) is 3.30. The third-order valence-corrected chi connectivity index (χ3v) is 5.51. The molecule has 1 saturated heterocycles. The van der Waals surface area contributed by atoms with Crippen LogP contribution in [0.4, 0.5) is 0 Å². The number of rotatable bonds is 3. The van der Waals surface area contributed by atoms with Gasteiger partial charge in [-0.1, -0.05) is 6.42 Å². The van der Waals surface area contributed by atoms with E-state index in [2.05, 4.69) is 10.1 Å². The molecular weight excluding hydrogens is 320 g/mol. The van der Waals surface area contributed by atoms with Crippen molar-refractivity contribution in [3.63, 3.8) is 0 Å². The van der Waals surface area contributed by atoms with Gasteiger partial charge in [0.15, 0.2) is 0 Å². The highest BCUT2D eigenvalue weighted by Gasteiger charge is 2.49. The summed E-state index contributed by atoms with van der Waals surface area (Å²) in [5.74, 6) is -0.675. The van der Waals surface area contributed by atoms with E-state index in [-0.39, 0.29) is 11.8 Å². The van der Waals surface area contributed by atoms with Crippen LogP contribution in [0.1, 0.15) is 35.2 Å². The van der Waals surface area contributed by atoms with Crippen molar-refractivity contribution in [2.75, 3.05) is 6.54 Å². The fourth-order valence-electron chi connectivity index (χ4n) is 4.37. The molecule has 7 nitrogen and oxygen atoms in total. The molecule has 3 atom stereocenters. The van der Waals surface area contributed by atoms with Gasteiger partial charge in [0.25, 0.3) is 5.91 Å². The molecule has 1 amide bonds. The second kappa shape index (κ2) is 5.98. The van der Waals surface area contributed by atoms with Crippen LogP contribution in [-0.4, -0.2) is 49.2 Å². The summed E-state index contributed by atoms with van der Waals surface area (Å²) in [5.41, 5.74) is 2.26. The van der Waals surface area contributed by atoms with E-state index >= 15 is 0 Å². The van der Waals surface area contributed by atoms with E-state index in [9.17, 15) is 14.7 Å². The lowest BCUT2D eigenvalue weighted by atomic mass is 9.94. The van der Waals surface area contributed by atoms with Crippen LogP contribution in [0.5, 0.6) is 0 Å². The van der Waals surface area contributed by atoms with Gasteiger partial charge in [0.2, 0.25) is 0 Å². The number of likely N-dealkylation sites (tertiary alicyclic amines) is 1. The number of carbonyl (C=O) groups is 2. The van der Waals surface area contributed by atoms with Crippen molar-refractivity contribution in [2.24, 2.45) is 11.8 Å². The standard InChI is InChI=1S/C18H20N4O3/c1-11-7-12(5-6-15(11)22-10-19-9-20-22)17(23)21-8-13-3-2-4-14(13)16(21)18(24)25/h5-7,9-10,13-14,16H,2-4,8H2,1H3,(H,24,25)/t13-,14+,16-/m0/s1. The summed E-state index contributed by atoms with van der Waals surface area (Å²) in [6, 6.07) is 4.66. The van der Waals surface area contributed by atoms with Crippen molar-refractivity contribution in [3.05, 3.63) is 42.0 Å². The molecule has 2 fully saturated rings. The van der Waals surface area contributed by atoms with Crippen LogP contribution in [0.3, 0.4) is 0 Å². The molecule has 1 aromatic heterocycles. The van der Waals surface area contributed by atoms with Gasteiger partial charge in [-0.15, -0.1) is 0 Å². The number of fused-ring (bicyclic) bond motifs is 1. The topological polar surface area (TPSA) is 88.3 Å². The van der Waals surface area contributed by atoms with Crippen molar-refractivity contribution >= 4 is 11.9 Å².